The molecule has 3 heteroatoms. The molecule has 2 rings (SSSR count). The van der Waals surface area contributed by atoms with Gasteiger partial charge < -0.3 is 9.64 Å². The lowest BCUT2D eigenvalue weighted by atomic mass is 9.89. The van der Waals surface area contributed by atoms with Gasteiger partial charge in [-0.05, 0) is 26.8 Å². The molecule has 2 aliphatic heterocycles. The van der Waals surface area contributed by atoms with Gasteiger partial charge in [0.15, 0.2) is 0 Å². The van der Waals surface area contributed by atoms with E-state index in [1.807, 2.05) is 0 Å². The molecule has 2 fully saturated rings. The Morgan fingerprint density at radius 3 is 2.21 bits per heavy atom. The van der Waals surface area contributed by atoms with E-state index in [2.05, 4.69) is 16.8 Å². The van der Waals surface area contributed by atoms with Crippen LogP contribution in [0.3, 0.4) is 0 Å². The number of rotatable bonds is 1. The number of ether oxygens (including phenoxy) is 1. The predicted molar refractivity (Wildman–Crippen MR) is 56.2 cm³/mol. The van der Waals surface area contributed by atoms with E-state index in [4.69, 9.17) is 11.7 Å². The van der Waals surface area contributed by atoms with Gasteiger partial charge in [0.25, 0.3) is 0 Å². The maximum absolute atomic E-state index is 6.41. The Morgan fingerprint density at radius 1 is 1.07 bits per heavy atom. The Bertz CT molecular complexity index is 182. The highest BCUT2D eigenvalue weighted by Crippen LogP contribution is 2.27. The molecule has 0 N–H and O–H groups in total. The van der Waals surface area contributed by atoms with E-state index in [0.29, 0.717) is 0 Å². The van der Waals surface area contributed by atoms with E-state index >= 15 is 0 Å². The number of likely N-dealkylation sites (N-methyl/N-ethyl adjacent to an activating group) is 1. The quantitative estimate of drug-likeness (QED) is 0.607. The highest BCUT2D eigenvalue weighted by atomic mass is 16.5. The molecule has 0 amide bonds. The number of nitrogens with zero attached hydrogens (tertiary/aromatic N) is 2. The molecule has 0 aromatic rings. The van der Waals surface area contributed by atoms with Crippen LogP contribution < -0.4 is 0 Å². The topological polar surface area (TPSA) is 15.7 Å². The normalized spacial score (nSPS) is 30.4. The molecule has 2 aliphatic rings. The lowest BCUT2D eigenvalue weighted by molar-refractivity contribution is -0.0213. The van der Waals surface area contributed by atoms with Gasteiger partial charge in [-0.3, -0.25) is 4.90 Å². The van der Waals surface area contributed by atoms with Crippen LogP contribution in [0, 0.1) is 6.92 Å². The van der Waals surface area contributed by atoms with Crippen LogP contribution in [0.5, 0.6) is 0 Å². The second kappa shape index (κ2) is 4.17. The van der Waals surface area contributed by atoms with Crippen LogP contribution >= 0.6 is 0 Å². The summed E-state index contributed by atoms with van der Waals surface area (Å²) < 4.78 is 5.36. The summed E-state index contributed by atoms with van der Waals surface area (Å²) in [6.45, 7) is 12.5. The molecule has 0 atom stereocenters. The Morgan fingerprint density at radius 2 is 1.64 bits per heavy atom. The minimum Gasteiger partial charge on any atom is -0.381 e. The fourth-order valence-electron chi connectivity index (χ4n) is 2.29. The van der Waals surface area contributed by atoms with Crippen LogP contribution in [0.15, 0.2) is 0 Å². The van der Waals surface area contributed by atoms with Crippen molar-refractivity contribution in [2.24, 2.45) is 0 Å². The van der Waals surface area contributed by atoms with E-state index in [-0.39, 0.29) is 5.54 Å². The number of hydrogen-bond acceptors (Lipinski definition) is 3. The summed E-state index contributed by atoms with van der Waals surface area (Å²) in [4.78, 5) is 4.80. The van der Waals surface area contributed by atoms with Crippen LogP contribution in [0.25, 0.3) is 0 Å². The van der Waals surface area contributed by atoms with Gasteiger partial charge in [-0.15, -0.1) is 0 Å². The highest BCUT2D eigenvalue weighted by molar-refractivity contribution is 4.96. The van der Waals surface area contributed by atoms with E-state index in [0.717, 1.165) is 52.2 Å². The third kappa shape index (κ3) is 2.10. The zero-order chi connectivity index (χ0) is 10.0. The van der Waals surface area contributed by atoms with Crippen molar-refractivity contribution in [2.45, 2.75) is 18.4 Å². The first-order valence-electron chi connectivity index (χ1n) is 5.51. The first-order chi connectivity index (χ1) is 6.71. The summed E-state index contributed by atoms with van der Waals surface area (Å²) in [5, 5.41) is 0. The molecule has 2 saturated heterocycles. The van der Waals surface area contributed by atoms with Gasteiger partial charge in [-0.25, -0.2) is 0 Å². The molecule has 0 aliphatic carbocycles. The van der Waals surface area contributed by atoms with Gasteiger partial charge in [0, 0.05) is 44.9 Å². The molecule has 0 aromatic carbocycles. The van der Waals surface area contributed by atoms with Crippen LogP contribution in [0.2, 0.25) is 0 Å². The molecule has 14 heavy (non-hydrogen) atoms. The molecule has 3 nitrogen and oxygen atoms in total. The van der Waals surface area contributed by atoms with Crippen LogP contribution in [-0.4, -0.2) is 61.8 Å². The maximum Gasteiger partial charge on any atom is 0.0483 e. The first kappa shape index (κ1) is 10.4. The Hall–Kier alpha value is -0.120. The standard InChI is InChI=1S/C11H20N2O/c1-11(3-9-14-10-4-11)13-7-5-12(2)6-8-13/h1H,3-10H2,2H3. The van der Waals surface area contributed by atoms with Gasteiger partial charge in [0.2, 0.25) is 0 Å². The van der Waals surface area contributed by atoms with Crippen molar-refractivity contribution in [2.75, 3.05) is 46.4 Å². The van der Waals surface area contributed by atoms with Crippen molar-refractivity contribution in [1.82, 2.24) is 9.80 Å². The lowest BCUT2D eigenvalue weighted by Crippen LogP contribution is -2.57. The third-order valence-electron chi connectivity index (χ3n) is 3.49. The van der Waals surface area contributed by atoms with Gasteiger partial charge in [-0.2, -0.15) is 0 Å². The van der Waals surface area contributed by atoms with E-state index in [1.165, 1.54) is 0 Å². The van der Waals surface area contributed by atoms with Crippen molar-refractivity contribution in [3.63, 3.8) is 0 Å². The van der Waals surface area contributed by atoms with Gasteiger partial charge in [0.05, 0.1) is 0 Å². The Balaban J connectivity index is 1.92. The molecule has 2 radical (unpaired) electrons. The largest absolute Gasteiger partial charge is 0.381 e. The summed E-state index contributed by atoms with van der Waals surface area (Å²) >= 11 is 0. The molecular weight excluding hydrogens is 176 g/mol. The minimum absolute atomic E-state index is 0.0838. The molecule has 0 spiro atoms. The summed E-state index contributed by atoms with van der Waals surface area (Å²) in [5.41, 5.74) is -0.0838. The average molecular weight is 196 g/mol. The van der Waals surface area contributed by atoms with Gasteiger partial charge in [-0.1, -0.05) is 0 Å². The Kier molecular flexibility index (Phi) is 3.10. The molecule has 0 aromatic heterocycles. The number of hydrogen-bond donors (Lipinski definition) is 0. The van der Waals surface area contributed by atoms with Crippen LogP contribution in [-0.2, 0) is 4.74 Å². The fourth-order valence-corrected chi connectivity index (χ4v) is 2.29. The molecule has 2 heterocycles. The second-order valence-corrected chi connectivity index (χ2v) is 4.51. The highest BCUT2D eigenvalue weighted by Gasteiger charge is 2.35. The Labute approximate surface area is 87.0 Å². The monoisotopic (exact) mass is 196 g/mol. The first-order valence-corrected chi connectivity index (χ1v) is 5.51. The minimum atomic E-state index is -0.0838. The van der Waals surface area contributed by atoms with E-state index < -0.39 is 0 Å². The summed E-state index contributed by atoms with van der Waals surface area (Å²) in [6.07, 6.45) is 1.97. The van der Waals surface area contributed by atoms with Crippen molar-refractivity contribution >= 4 is 0 Å². The SMILES string of the molecule is [CH]C1(N2CCN(C)CC2)CCOCC1. The zero-order valence-corrected chi connectivity index (χ0v) is 9.04. The third-order valence-corrected chi connectivity index (χ3v) is 3.49. The molecular formula is C11H20N2O. The molecule has 0 saturated carbocycles. The summed E-state index contributed by atoms with van der Waals surface area (Å²) in [7, 11) is 2.17. The summed E-state index contributed by atoms with van der Waals surface area (Å²) in [5.74, 6) is 0. The van der Waals surface area contributed by atoms with Crippen molar-refractivity contribution in [1.29, 1.82) is 0 Å². The predicted octanol–water partition coefficient (Wildman–Crippen LogP) is 0.494. The van der Waals surface area contributed by atoms with Crippen molar-refractivity contribution in [3.8, 4) is 0 Å². The average Bonchev–Trinajstić information content (AvgIpc) is 2.19. The maximum atomic E-state index is 6.41. The molecule has 80 valence electrons. The van der Waals surface area contributed by atoms with Crippen molar-refractivity contribution in [3.05, 3.63) is 6.92 Å². The second-order valence-electron chi connectivity index (χ2n) is 4.51. The fraction of sp³-hybridized carbons (Fsp3) is 0.909. The van der Waals surface area contributed by atoms with E-state index in [9.17, 15) is 0 Å². The van der Waals surface area contributed by atoms with Crippen LogP contribution in [0.4, 0.5) is 0 Å². The zero-order valence-electron chi connectivity index (χ0n) is 9.04. The van der Waals surface area contributed by atoms with Crippen LogP contribution in [0.1, 0.15) is 12.8 Å². The van der Waals surface area contributed by atoms with E-state index in [1.54, 1.807) is 0 Å². The number of piperazine rings is 1. The van der Waals surface area contributed by atoms with Crippen molar-refractivity contribution < 1.29 is 4.74 Å². The summed E-state index contributed by atoms with van der Waals surface area (Å²) in [6, 6.07) is 0. The van der Waals surface area contributed by atoms with Gasteiger partial charge in [0.1, 0.15) is 0 Å². The van der Waals surface area contributed by atoms with Gasteiger partial charge >= 0.3 is 0 Å². The lowest BCUT2D eigenvalue weighted by Gasteiger charge is -2.46. The smallest absolute Gasteiger partial charge is 0.0483 e. The molecule has 0 bridgehead atoms. The molecule has 0 unspecified atom stereocenters.